The molecule has 5 heteroatoms. The lowest BCUT2D eigenvalue weighted by atomic mass is 10.3. The van der Waals surface area contributed by atoms with Gasteiger partial charge in [0.05, 0.1) is 7.11 Å². The van der Waals surface area contributed by atoms with Crippen LogP contribution in [0.4, 0.5) is 5.69 Å². The van der Waals surface area contributed by atoms with Gasteiger partial charge in [0.2, 0.25) is 0 Å². The highest BCUT2D eigenvalue weighted by atomic mass is 35.5. The number of ether oxygens (including phenoxy) is 2. The molecule has 0 bridgehead atoms. The number of hydrogen-bond donors (Lipinski definition) is 1. The van der Waals surface area contributed by atoms with Crippen molar-refractivity contribution in [2.75, 3.05) is 26.1 Å². The number of carbonyl (C=O) groups is 1. The Morgan fingerprint density at radius 2 is 1.93 bits per heavy atom. The Bertz CT molecular complexity index is 300. The van der Waals surface area contributed by atoms with Crippen LogP contribution in [0.2, 0.25) is 0 Å². The summed E-state index contributed by atoms with van der Waals surface area (Å²) in [6, 6.07) is 7.31. The Morgan fingerprint density at radius 3 is 2.40 bits per heavy atom. The fourth-order valence-electron chi connectivity index (χ4n) is 0.919. The molecule has 0 saturated carbocycles. The zero-order valence-electron chi connectivity index (χ0n) is 8.65. The number of benzene rings is 1. The highest BCUT2D eigenvalue weighted by Crippen LogP contribution is 2.14. The number of rotatable bonds is 4. The summed E-state index contributed by atoms with van der Waals surface area (Å²) in [5, 5.41) is 2.98. The van der Waals surface area contributed by atoms with Gasteiger partial charge in [-0.1, -0.05) is 0 Å². The molecule has 0 aliphatic rings. The lowest BCUT2D eigenvalue weighted by Gasteiger charge is -2.05. The molecular weight excluding hydrogens is 218 g/mol. The molecule has 0 atom stereocenters. The van der Waals surface area contributed by atoms with E-state index in [1.54, 1.807) is 12.1 Å². The maximum absolute atomic E-state index is 10.7. The van der Waals surface area contributed by atoms with E-state index in [4.69, 9.17) is 4.74 Å². The number of hydrogen-bond acceptors (Lipinski definition) is 4. The molecule has 0 amide bonds. The first kappa shape index (κ1) is 13.6. The van der Waals surface area contributed by atoms with E-state index in [-0.39, 0.29) is 25.0 Å². The van der Waals surface area contributed by atoms with Crippen LogP contribution in [-0.4, -0.2) is 26.7 Å². The maximum Gasteiger partial charge on any atom is 0.343 e. The molecular formula is C10H14ClNO3. The van der Waals surface area contributed by atoms with Crippen LogP contribution < -0.4 is 10.1 Å². The van der Waals surface area contributed by atoms with E-state index in [1.165, 1.54) is 7.11 Å². The average molecular weight is 232 g/mol. The summed E-state index contributed by atoms with van der Waals surface area (Å²) < 4.78 is 9.60. The van der Waals surface area contributed by atoms with Crippen LogP contribution in [0, 0.1) is 0 Å². The molecule has 0 aliphatic heterocycles. The molecule has 0 unspecified atom stereocenters. The van der Waals surface area contributed by atoms with Crippen LogP contribution in [0.25, 0.3) is 0 Å². The normalized spacial score (nSPS) is 8.67. The topological polar surface area (TPSA) is 47.6 Å². The van der Waals surface area contributed by atoms with E-state index in [2.05, 4.69) is 10.1 Å². The largest absolute Gasteiger partial charge is 0.482 e. The first-order valence-electron chi connectivity index (χ1n) is 4.23. The summed E-state index contributed by atoms with van der Waals surface area (Å²) in [5.41, 5.74) is 0.996. The standard InChI is InChI=1S/C10H13NO3.ClH/c1-11-8-3-5-9(6-4-8)14-7-10(12)13-2;/h3-6,11H,7H2,1-2H3;1H. The molecule has 4 nitrogen and oxygen atoms in total. The second kappa shape index (κ2) is 6.95. The first-order chi connectivity index (χ1) is 6.76. The molecule has 0 aliphatic carbocycles. The van der Waals surface area contributed by atoms with Crippen molar-refractivity contribution in [2.24, 2.45) is 0 Å². The Morgan fingerprint density at radius 1 is 1.33 bits per heavy atom. The number of methoxy groups -OCH3 is 1. The molecule has 1 aromatic carbocycles. The number of esters is 1. The third-order valence-corrected chi connectivity index (χ3v) is 1.73. The smallest absolute Gasteiger partial charge is 0.343 e. The van der Waals surface area contributed by atoms with E-state index in [9.17, 15) is 4.79 Å². The van der Waals surface area contributed by atoms with Gasteiger partial charge in [0.25, 0.3) is 0 Å². The zero-order chi connectivity index (χ0) is 10.4. The summed E-state index contributed by atoms with van der Waals surface area (Å²) in [5.74, 6) is 0.261. The van der Waals surface area contributed by atoms with Crippen LogP contribution in [0.15, 0.2) is 24.3 Å². The van der Waals surface area contributed by atoms with Crippen molar-refractivity contribution in [3.63, 3.8) is 0 Å². The number of nitrogens with one attached hydrogen (secondary N) is 1. The second-order valence-electron chi connectivity index (χ2n) is 2.64. The highest BCUT2D eigenvalue weighted by molar-refractivity contribution is 5.85. The molecule has 84 valence electrons. The van der Waals surface area contributed by atoms with Crippen molar-refractivity contribution in [1.82, 2.24) is 0 Å². The number of carbonyl (C=O) groups excluding carboxylic acids is 1. The molecule has 0 saturated heterocycles. The second-order valence-corrected chi connectivity index (χ2v) is 2.64. The third-order valence-electron chi connectivity index (χ3n) is 1.73. The average Bonchev–Trinajstić information content (AvgIpc) is 2.26. The molecule has 0 fully saturated rings. The lowest BCUT2D eigenvalue weighted by molar-refractivity contribution is -0.142. The Kier molecular flexibility index (Phi) is 6.29. The van der Waals surface area contributed by atoms with Gasteiger partial charge in [-0.15, -0.1) is 12.4 Å². The lowest BCUT2D eigenvalue weighted by Crippen LogP contribution is -2.12. The van der Waals surface area contributed by atoms with Crippen molar-refractivity contribution in [2.45, 2.75) is 0 Å². The maximum atomic E-state index is 10.7. The van der Waals surface area contributed by atoms with E-state index in [0.717, 1.165) is 5.69 Å². The van der Waals surface area contributed by atoms with Gasteiger partial charge in [0, 0.05) is 12.7 Å². The summed E-state index contributed by atoms with van der Waals surface area (Å²) in [4.78, 5) is 10.7. The van der Waals surface area contributed by atoms with Gasteiger partial charge in [0.15, 0.2) is 6.61 Å². The Hall–Kier alpha value is -1.42. The molecule has 0 spiro atoms. The summed E-state index contributed by atoms with van der Waals surface area (Å²) >= 11 is 0. The van der Waals surface area contributed by atoms with Gasteiger partial charge in [-0.3, -0.25) is 0 Å². The van der Waals surface area contributed by atoms with Crippen molar-refractivity contribution >= 4 is 24.1 Å². The van der Waals surface area contributed by atoms with Gasteiger partial charge in [-0.2, -0.15) is 0 Å². The van der Waals surface area contributed by atoms with Crippen molar-refractivity contribution < 1.29 is 14.3 Å². The molecule has 0 radical (unpaired) electrons. The fourth-order valence-corrected chi connectivity index (χ4v) is 0.919. The third kappa shape index (κ3) is 4.56. The molecule has 15 heavy (non-hydrogen) atoms. The molecule has 0 heterocycles. The first-order valence-corrected chi connectivity index (χ1v) is 4.23. The monoisotopic (exact) mass is 231 g/mol. The SMILES string of the molecule is CNc1ccc(OCC(=O)OC)cc1.Cl. The summed E-state index contributed by atoms with van der Waals surface area (Å²) in [7, 11) is 3.17. The minimum absolute atomic E-state index is 0. The van der Waals surface area contributed by atoms with Gasteiger partial charge in [-0.05, 0) is 24.3 Å². The minimum Gasteiger partial charge on any atom is -0.482 e. The van der Waals surface area contributed by atoms with Crippen LogP contribution in [-0.2, 0) is 9.53 Å². The van der Waals surface area contributed by atoms with Crippen LogP contribution in [0.1, 0.15) is 0 Å². The van der Waals surface area contributed by atoms with Crippen LogP contribution in [0.5, 0.6) is 5.75 Å². The van der Waals surface area contributed by atoms with Crippen LogP contribution >= 0.6 is 12.4 Å². The van der Waals surface area contributed by atoms with Crippen LogP contribution in [0.3, 0.4) is 0 Å². The molecule has 1 aromatic rings. The Labute approximate surface area is 95.0 Å². The molecule has 0 aromatic heterocycles. The van der Waals surface area contributed by atoms with Gasteiger partial charge < -0.3 is 14.8 Å². The predicted octanol–water partition coefficient (Wildman–Crippen LogP) is 1.70. The van der Waals surface area contributed by atoms with Gasteiger partial charge in [-0.25, -0.2) is 4.79 Å². The molecule has 1 rings (SSSR count). The summed E-state index contributed by atoms with van der Waals surface area (Å²) in [6.07, 6.45) is 0. The number of anilines is 1. The van der Waals surface area contributed by atoms with Crippen molar-refractivity contribution in [3.05, 3.63) is 24.3 Å². The van der Waals surface area contributed by atoms with E-state index in [1.807, 2.05) is 19.2 Å². The minimum atomic E-state index is -0.386. The number of halogens is 1. The van der Waals surface area contributed by atoms with Gasteiger partial charge >= 0.3 is 5.97 Å². The highest BCUT2D eigenvalue weighted by Gasteiger charge is 2.00. The zero-order valence-corrected chi connectivity index (χ0v) is 9.47. The van der Waals surface area contributed by atoms with Crippen molar-refractivity contribution in [3.8, 4) is 5.75 Å². The van der Waals surface area contributed by atoms with E-state index >= 15 is 0 Å². The van der Waals surface area contributed by atoms with E-state index < -0.39 is 0 Å². The fraction of sp³-hybridized carbons (Fsp3) is 0.300. The molecule has 1 N–H and O–H groups in total. The van der Waals surface area contributed by atoms with Crippen molar-refractivity contribution in [1.29, 1.82) is 0 Å². The summed E-state index contributed by atoms with van der Waals surface area (Å²) in [6.45, 7) is -0.0601. The Balaban J connectivity index is 0.00000196. The predicted molar refractivity (Wildman–Crippen MR) is 60.7 cm³/mol. The van der Waals surface area contributed by atoms with Gasteiger partial charge in [0.1, 0.15) is 5.75 Å². The quantitative estimate of drug-likeness (QED) is 0.802. The van der Waals surface area contributed by atoms with E-state index in [0.29, 0.717) is 5.75 Å².